The quantitative estimate of drug-likeness (QED) is 0.846. The van der Waals surface area contributed by atoms with Crippen LogP contribution in [0.2, 0.25) is 0 Å². The van der Waals surface area contributed by atoms with Gasteiger partial charge in [-0.2, -0.15) is 11.3 Å². The lowest BCUT2D eigenvalue weighted by Crippen LogP contribution is -2.10. The first-order chi connectivity index (χ1) is 7.77. The van der Waals surface area contributed by atoms with Gasteiger partial charge in [0.2, 0.25) is 0 Å². The topological polar surface area (TPSA) is 26.0 Å². The van der Waals surface area contributed by atoms with E-state index in [-0.39, 0.29) is 6.04 Å². The molecular weight excluding hydrogens is 214 g/mol. The zero-order valence-corrected chi connectivity index (χ0v) is 9.91. The second-order valence-corrected chi connectivity index (χ2v) is 4.62. The number of rotatable bonds is 4. The van der Waals surface area contributed by atoms with Crippen LogP contribution in [0.3, 0.4) is 0 Å². The van der Waals surface area contributed by atoms with E-state index in [0.29, 0.717) is 0 Å². The highest BCUT2D eigenvalue weighted by Crippen LogP contribution is 2.25. The van der Waals surface area contributed by atoms with Crippen LogP contribution in [-0.4, -0.2) is 0 Å². The van der Waals surface area contributed by atoms with Gasteiger partial charge in [0.25, 0.3) is 0 Å². The maximum Gasteiger partial charge on any atom is 0.0335 e. The second kappa shape index (κ2) is 5.10. The van der Waals surface area contributed by atoms with Gasteiger partial charge in [0.1, 0.15) is 0 Å². The lowest BCUT2D eigenvalue weighted by Gasteiger charge is -2.13. The van der Waals surface area contributed by atoms with E-state index in [0.717, 1.165) is 12.0 Å². The molecule has 82 valence electrons. The molecule has 0 saturated carbocycles. The Morgan fingerprint density at radius 3 is 2.62 bits per heavy atom. The van der Waals surface area contributed by atoms with Crippen molar-refractivity contribution < 1.29 is 0 Å². The average molecular weight is 229 g/mol. The zero-order chi connectivity index (χ0) is 11.4. The highest BCUT2D eigenvalue weighted by Gasteiger charge is 2.08. The summed E-state index contributed by atoms with van der Waals surface area (Å²) < 4.78 is 0. The first kappa shape index (κ1) is 11.1. The van der Waals surface area contributed by atoms with Crippen LogP contribution in [0.1, 0.15) is 23.6 Å². The van der Waals surface area contributed by atoms with Crippen LogP contribution in [-0.2, 0) is 0 Å². The number of hydrogen-bond donors (Lipinski definition) is 1. The van der Waals surface area contributed by atoms with Crippen molar-refractivity contribution in [1.82, 2.24) is 0 Å². The molecule has 1 aromatic carbocycles. The van der Waals surface area contributed by atoms with Gasteiger partial charge in [0.15, 0.2) is 0 Å². The third-order valence-electron chi connectivity index (χ3n) is 2.62. The van der Waals surface area contributed by atoms with Crippen molar-refractivity contribution in [3.05, 3.63) is 64.9 Å². The molecular formula is C14H15NS. The van der Waals surface area contributed by atoms with E-state index < -0.39 is 0 Å². The highest BCUT2D eigenvalue weighted by atomic mass is 32.1. The lowest BCUT2D eigenvalue weighted by molar-refractivity contribution is 0.752. The molecule has 0 spiro atoms. The summed E-state index contributed by atoms with van der Waals surface area (Å²) in [5, 5.41) is 4.18. The van der Waals surface area contributed by atoms with E-state index >= 15 is 0 Å². The van der Waals surface area contributed by atoms with Crippen LogP contribution in [0.25, 0.3) is 5.57 Å². The predicted octanol–water partition coefficient (Wildman–Crippen LogP) is 3.85. The maximum atomic E-state index is 6.14. The van der Waals surface area contributed by atoms with Crippen LogP contribution >= 0.6 is 11.3 Å². The van der Waals surface area contributed by atoms with Gasteiger partial charge < -0.3 is 5.73 Å². The Morgan fingerprint density at radius 1 is 1.25 bits per heavy atom. The molecule has 2 heteroatoms. The van der Waals surface area contributed by atoms with Crippen LogP contribution in [0.4, 0.5) is 0 Å². The molecule has 2 aromatic rings. The molecule has 0 fully saturated rings. The van der Waals surface area contributed by atoms with Crippen LogP contribution < -0.4 is 5.73 Å². The van der Waals surface area contributed by atoms with Crippen LogP contribution in [0, 0.1) is 0 Å². The fraction of sp³-hybridized carbons (Fsp3) is 0.143. The predicted molar refractivity (Wildman–Crippen MR) is 71.3 cm³/mol. The third kappa shape index (κ3) is 2.60. The smallest absolute Gasteiger partial charge is 0.0335 e. The summed E-state index contributed by atoms with van der Waals surface area (Å²) in [6, 6.07) is 12.3. The van der Waals surface area contributed by atoms with Gasteiger partial charge in [0, 0.05) is 6.04 Å². The molecule has 16 heavy (non-hydrogen) atoms. The molecule has 0 radical (unpaired) electrons. The summed E-state index contributed by atoms with van der Waals surface area (Å²) in [5.41, 5.74) is 9.62. The third-order valence-corrected chi connectivity index (χ3v) is 3.31. The first-order valence-electron chi connectivity index (χ1n) is 5.28. The van der Waals surface area contributed by atoms with E-state index in [1.807, 2.05) is 18.2 Å². The summed E-state index contributed by atoms with van der Waals surface area (Å²) in [5.74, 6) is 0. The highest BCUT2D eigenvalue weighted by molar-refractivity contribution is 7.08. The van der Waals surface area contributed by atoms with E-state index in [1.54, 1.807) is 11.3 Å². The van der Waals surface area contributed by atoms with E-state index in [4.69, 9.17) is 5.73 Å². The molecule has 0 amide bonds. The van der Waals surface area contributed by atoms with Gasteiger partial charge in [-0.05, 0) is 39.9 Å². The lowest BCUT2D eigenvalue weighted by atomic mass is 9.98. The van der Waals surface area contributed by atoms with Crippen LogP contribution in [0.5, 0.6) is 0 Å². The fourth-order valence-electron chi connectivity index (χ4n) is 1.67. The van der Waals surface area contributed by atoms with Crippen LogP contribution in [0.15, 0.2) is 53.7 Å². The molecule has 1 unspecified atom stereocenters. The van der Waals surface area contributed by atoms with Crippen molar-refractivity contribution in [3.8, 4) is 0 Å². The fourth-order valence-corrected chi connectivity index (χ4v) is 2.36. The molecule has 1 aromatic heterocycles. The van der Waals surface area contributed by atoms with E-state index in [1.165, 1.54) is 11.1 Å². The molecule has 1 nitrogen and oxygen atoms in total. The second-order valence-electron chi connectivity index (χ2n) is 3.84. The molecule has 0 bridgehead atoms. The minimum Gasteiger partial charge on any atom is -0.324 e. The average Bonchev–Trinajstić information content (AvgIpc) is 2.83. The molecule has 0 saturated heterocycles. The van der Waals surface area contributed by atoms with Gasteiger partial charge in [-0.25, -0.2) is 0 Å². The minimum absolute atomic E-state index is 0.0357. The van der Waals surface area contributed by atoms with Crippen molar-refractivity contribution in [2.24, 2.45) is 5.73 Å². The molecule has 0 aliphatic heterocycles. The summed E-state index contributed by atoms with van der Waals surface area (Å²) in [4.78, 5) is 0. The van der Waals surface area contributed by atoms with Crippen molar-refractivity contribution in [2.45, 2.75) is 12.5 Å². The molecule has 0 aliphatic carbocycles. The number of thiophene rings is 1. The Kier molecular flexibility index (Phi) is 3.54. The molecule has 2 N–H and O–H groups in total. The maximum absolute atomic E-state index is 6.14. The Balaban J connectivity index is 2.03. The number of benzene rings is 1. The largest absolute Gasteiger partial charge is 0.324 e. The SMILES string of the molecule is C=C(CC(N)c1ccccc1)c1ccsc1. The minimum atomic E-state index is 0.0357. The molecule has 2 rings (SSSR count). The number of nitrogens with two attached hydrogens (primary N) is 1. The number of hydrogen-bond acceptors (Lipinski definition) is 2. The Labute approximate surface area is 100 Å². The van der Waals surface area contributed by atoms with Gasteiger partial charge >= 0.3 is 0 Å². The zero-order valence-electron chi connectivity index (χ0n) is 9.10. The van der Waals surface area contributed by atoms with Gasteiger partial charge in [-0.15, -0.1) is 0 Å². The summed E-state index contributed by atoms with van der Waals surface area (Å²) in [7, 11) is 0. The molecule has 1 atom stereocenters. The van der Waals surface area contributed by atoms with Crippen molar-refractivity contribution in [1.29, 1.82) is 0 Å². The molecule has 1 heterocycles. The monoisotopic (exact) mass is 229 g/mol. The Bertz CT molecular complexity index is 445. The standard InChI is InChI=1S/C14H15NS/c1-11(13-7-8-16-10-13)9-14(15)12-5-3-2-4-6-12/h2-8,10,14H,1,9,15H2. The Morgan fingerprint density at radius 2 is 2.00 bits per heavy atom. The summed E-state index contributed by atoms with van der Waals surface area (Å²) in [6.07, 6.45) is 0.806. The van der Waals surface area contributed by atoms with E-state index in [9.17, 15) is 0 Å². The van der Waals surface area contributed by atoms with Crippen molar-refractivity contribution in [3.63, 3.8) is 0 Å². The van der Waals surface area contributed by atoms with Crippen molar-refractivity contribution >= 4 is 16.9 Å². The van der Waals surface area contributed by atoms with Gasteiger partial charge in [-0.3, -0.25) is 0 Å². The first-order valence-corrected chi connectivity index (χ1v) is 6.22. The summed E-state index contributed by atoms with van der Waals surface area (Å²) in [6.45, 7) is 4.09. The Hall–Kier alpha value is -1.38. The normalized spacial score (nSPS) is 12.3. The van der Waals surface area contributed by atoms with E-state index in [2.05, 4.69) is 35.5 Å². The summed E-state index contributed by atoms with van der Waals surface area (Å²) >= 11 is 1.69. The molecule has 0 aliphatic rings. The van der Waals surface area contributed by atoms with Gasteiger partial charge in [0.05, 0.1) is 0 Å². The van der Waals surface area contributed by atoms with Crippen molar-refractivity contribution in [2.75, 3.05) is 0 Å². The van der Waals surface area contributed by atoms with Gasteiger partial charge in [-0.1, -0.05) is 36.9 Å².